The SMILES string of the molecule is OB(O)c1ccc(F)c(OCCN2CCCC2)c1. The van der Waals surface area contributed by atoms with Crippen molar-refractivity contribution >= 4 is 12.6 Å². The Labute approximate surface area is 106 Å². The van der Waals surface area contributed by atoms with Crippen LogP contribution in [-0.2, 0) is 0 Å². The first-order valence-electron chi connectivity index (χ1n) is 6.17. The van der Waals surface area contributed by atoms with Gasteiger partial charge in [0.15, 0.2) is 11.6 Å². The van der Waals surface area contributed by atoms with Crippen molar-refractivity contribution < 1.29 is 19.2 Å². The zero-order valence-corrected chi connectivity index (χ0v) is 10.2. The smallest absolute Gasteiger partial charge is 0.488 e. The Kier molecular flexibility index (Phi) is 4.57. The van der Waals surface area contributed by atoms with Crippen molar-refractivity contribution in [2.24, 2.45) is 0 Å². The highest BCUT2D eigenvalue weighted by atomic mass is 19.1. The minimum atomic E-state index is -1.61. The summed E-state index contributed by atoms with van der Waals surface area (Å²) in [6.07, 6.45) is 2.42. The zero-order chi connectivity index (χ0) is 13.0. The summed E-state index contributed by atoms with van der Waals surface area (Å²) in [5, 5.41) is 18.0. The maximum Gasteiger partial charge on any atom is 0.488 e. The molecule has 0 atom stereocenters. The average molecular weight is 253 g/mol. The summed E-state index contributed by atoms with van der Waals surface area (Å²) >= 11 is 0. The van der Waals surface area contributed by atoms with E-state index in [0.29, 0.717) is 6.61 Å². The monoisotopic (exact) mass is 253 g/mol. The summed E-state index contributed by atoms with van der Waals surface area (Å²) in [5.74, 6) is -0.416. The fourth-order valence-electron chi connectivity index (χ4n) is 2.08. The van der Waals surface area contributed by atoms with Crippen molar-refractivity contribution in [3.8, 4) is 5.75 Å². The Balaban J connectivity index is 1.89. The fourth-order valence-corrected chi connectivity index (χ4v) is 2.08. The highest BCUT2D eigenvalue weighted by Crippen LogP contribution is 2.15. The molecule has 2 N–H and O–H groups in total. The van der Waals surface area contributed by atoms with Gasteiger partial charge in [-0.15, -0.1) is 0 Å². The van der Waals surface area contributed by atoms with E-state index in [1.54, 1.807) is 0 Å². The van der Waals surface area contributed by atoms with Crippen LogP contribution in [0.25, 0.3) is 0 Å². The van der Waals surface area contributed by atoms with Gasteiger partial charge in [-0.05, 0) is 43.5 Å². The van der Waals surface area contributed by atoms with E-state index in [1.165, 1.54) is 31.0 Å². The molecular weight excluding hydrogens is 236 g/mol. The average Bonchev–Trinajstić information content (AvgIpc) is 2.84. The van der Waals surface area contributed by atoms with Gasteiger partial charge in [0.05, 0.1) is 0 Å². The number of nitrogens with zero attached hydrogens (tertiary/aromatic N) is 1. The van der Waals surface area contributed by atoms with Crippen molar-refractivity contribution in [3.05, 3.63) is 24.0 Å². The van der Waals surface area contributed by atoms with Gasteiger partial charge < -0.3 is 14.8 Å². The van der Waals surface area contributed by atoms with Gasteiger partial charge in [0.2, 0.25) is 0 Å². The summed E-state index contributed by atoms with van der Waals surface area (Å²) in [5.41, 5.74) is 0.229. The maximum atomic E-state index is 13.4. The number of ether oxygens (including phenoxy) is 1. The summed E-state index contributed by atoms with van der Waals surface area (Å²) in [7, 11) is -1.61. The largest absolute Gasteiger partial charge is 0.489 e. The molecule has 1 aliphatic rings. The van der Waals surface area contributed by atoms with E-state index in [1.807, 2.05) is 0 Å². The first-order valence-corrected chi connectivity index (χ1v) is 6.17. The molecule has 1 saturated heterocycles. The van der Waals surface area contributed by atoms with E-state index in [4.69, 9.17) is 14.8 Å². The summed E-state index contributed by atoms with van der Waals surface area (Å²) in [6, 6.07) is 3.83. The second-order valence-corrected chi connectivity index (χ2v) is 4.46. The second kappa shape index (κ2) is 6.18. The van der Waals surface area contributed by atoms with Crippen LogP contribution in [0.5, 0.6) is 5.75 Å². The van der Waals surface area contributed by atoms with E-state index in [9.17, 15) is 4.39 Å². The molecule has 1 aromatic carbocycles. The van der Waals surface area contributed by atoms with Gasteiger partial charge in [0, 0.05) is 6.54 Å². The van der Waals surface area contributed by atoms with Crippen LogP contribution in [-0.4, -0.2) is 48.3 Å². The van der Waals surface area contributed by atoms with E-state index < -0.39 is 12.9 Å². The second-order valence-electron chi connectivity index (χ2n) is 4.46. The Morgan fingerprint density at radius 1 is 1.28 bits per heavy atom. The molecule has 0 spiro atoms. The lowest BCUT2D eigenvalue weighted by Crippen LogP contribution is -2.30. The third kappa shape index (κ3) is 3.44. The van der Waals surface area contributed by atoms with Gasteiger partial charge in [0.1, 0.15) is 6.61 Å². The van der Waals surface area contributed by atoms with Crippen LogP contribution in [0.1, 0.15) is 12.8 Å². The van der Waals surface area contributed by atoms with Crippen LogP contribution in [0.2, 0.25) is 0 Å². The Hall–Kier alpha value is -1.11. The van der Waals surface area contributed by atoms with E-state index in [-0.39, 0.29) is 11.2 Å². The lowest BCUT2D eigenvalue weighted by molar-refractivity contribution is 0.231. The Morgan fingerprint density at radius 3 is 2.67 bits per heavy atom. The quantitative estimate of drug-likeness (QED) is 0.724. The predicted molar refractivity (Wildman–Crippen MR) is 67.4 cm³/mol. The number of halogens is 1. The number of benzene rings is 1. The minimum Gasteiger partial charge on any atom is -0.489 e. The molecule has 0 bridgehead atoms. The van der Waals surface area contributed by atoms with Crippen molar-refractivity contribution in [2.45, 2.75) is 12.8 Å². The van der Waals surface area contributed by atoms with Crippen LogP contribution < -0.4 is 10.2 Å². The van der Waals surface area contributed by atoms with E-state index in [2.05, 4.69) is 4.90 Å². The van der Waals surface area contributed by atoms with Gasteiger partial charge in [-0.25, -0.2) is 4.39 Å². The van der Waals surface area contributed by atoms with Gasteiger partial charge in [0.25, 0.3) is 0 Å². The molecule has 2 rings (SSSR count). The Morgan fingerprint density at radius 2 is 2.00 bits per heavy atom. The van der Waals surface area contributed by atoms with Crippen molar-refractivity contribution in [2.75, 3.05) is 26.2 Å². The molecule has 0 unspecified atom stereocenters. The molecule has 0 amide bonds. The number of likely N-dealkylation sites (tertiary alicyclic amines) is 1. The normalized spacial score (nSPS) is 15.9. The summed E-state index contributed by atoms with van der Waals surface area (Å²) in [4.78, 5) is 2.27. The molecule has 18 heavy (non-hydrogen) atoms. The lowest BCUT2D eigenvalue weighted by Gasteiger charge is -2.15. The molecule has 0 aromatic heterocycles. The molecule has 1 heterocycles. The first kappa shape index (κ1) is 13.3. The van der Waals surface area contributed by atoms with Crippen molar-refractivity contribution in [1.82, 2.24) is 4.90 Å². The molecule has 1 fully saturated rings. The minimum absolute atomic E-state index is 0.0693. The topological polar surface area (TPSA) is 52.9 Å². The molecule has 98 valence electrons. The number of hydrogen-bond acceptors (Lipinski definition) is 4. The van der Waals surface area contributed by atoms with Gasteiger partial charge >= 0.3 is 7.12 Å². The van der Waals surface area contributed by atoms with Crippen LogP contribution in [0.4, 0.5) is 4.39 Å². The third-order valence-corrected chi connectivity index (χ3v) is 3.12. The molecular formula is C12H17BFNO3. The maximum absolute atomic E-state index is 13.4. The van der Waals surface area contributed by atoms with Crippen molar-refractivity contribution in [3.63, 3.8) is 0 Å². The molecule has 1 aromatic rings. The number of rotatable bonds is 5. The van der Waals surface area contributed by atoms with Crippen LogP contribution >= 0.6 is 0 Å². The summed E-state index contributed by atoms with van der Waals surface area (Å²) < 4.78 is 18.8. The zero-order valence-electron chi connectivity index (χ0n) is 10.2. The fraction of sp³-hybridized carbons (Fsp3) is 0.500. The predicted octanol–water partition coefficient (Wildman–Crippen LogP) is -0.0199. The van der Waals surface area contributed by atoms with E-state index in [0.717, 1.165) is 19.6 Å². The standard InChI is InChI=1S/C12H17BFNO3/c14-11-4-3-10(13(16)17)9-12(11)18-8-7-15-5-1-2-6-15/h3-4,9,16-17H,1-2,5-8H2. The molecule has 0 radical (unpaired) electrons. The Bertz CT molecular complexity index is 397. The highest BCUT2D eigenvalue weighted by Gasteiger charge is 2.15. The first-order chi connectivity index (χ1) is 8.66. The van der Waals surface area contributed by atoms with Crippen LogP contribution in [0.15, 0.2) is 18.2 Å². The van der Waals surface area contributed by atoms with E-state index >= 15 is 0 Å². The molecule has 0 saturated carbocycles. The van der Waals surface area contributed by atoms with Gasteiger partial charge in [-0.1, -0.05) is 6.07 Å². The molecule has 1 aliphatic heterocycles. The van der Waals surface area contributed by atoms with Crippen LogP contribution in [0.3, 0.4) is 0 Å². The molecule has 6 heteroatoms. The van der Waals surface area contributed by atoms with Gasteiger partial charge in [-0.2, -0.15) is 0 Å². The lowest BCUT2D eigenvalue weighted by atomic mass is 9.80. The summed E-state index contributed by atoms with van der Waals surface area (Å²) in [6.45, 7) is 3.32. The third-order valence-electron chi connectivity index (χ3n) is 3.12. The van der Waals surface area contributed by atoms with Crippen molar-refractivity contribution in [1.29, 1.82) is 0 Å². The number of hydrogen-bond donors (Lipinski definition) is 2. The van der Waals surface area contributed by atoms with Crippen LogP contribution in [0, 0.1) is 5.82 Å². The highest BCUT2D eigenvalue weighted by molar-refractivity contribution is 6.58. The molecule has 0 aliphatic carbocycles. The molecule has 4 nitrogen and oxygen atoms in total. The van der Waals surface area contributed by atoms with Gasteiger partial charge in [-0.3, -0.25) is 4.90 Å².